The van der Waals surface area contributed by atoms with Crippen LogP contribution in [0.4, 0.5) is 0 Å². The summed E-state index contributed by atoms with van der Waals surface area (Å²) in [5.74, 6) is 0.842. The lowest BCUT2D eigenvalue weighted by atomic mass is 10.0. The molecule has 0 atom stereocenters. The Hall–Kier alpha value is -2.20. The van der Waals surface area contributed by atoms with E-state index in [1.165, 1.54) is 21.6 Å². The molecule has 0 bridgehead atoms. The van der Waals surface area contributed by atoms with Crippen LogP contribution < -0.4 is 5.56 Å². The number of benzene rings is 1. The van der Waals surface area contributed by atoms with Gasteiger partial charge in [0.15, 0.2) is 0 Å². The van der Waals surface area contributed by atoms with Crippen molar-refractivity contribution in [2.24, 2.45) is 0 Å². The molecule has 0 fully saturated rings. The number of allylic oxidation sites excluding steroid dienone is 1. The van der Waals surface area contributed by atoms with Crippen molar-refractivity contribution in [1.82, 2.24) is 9.55 Å². The Morgan fingerprint density at radius 3 is 2.79 bits per heavy atom. The van der Waals surface area contributed by atoms with Crippen LogP contribution in [0.25, 0.3) is 21.9 Å². The fourth-order valence-electron chi connectivity index (χ4n) is 3.36. The number of nitrogens with zero attached hydrogens (tertiary/aromatic N) is 2. The number of thiophene rings is 1. The number of hydrogen-bond donors (Lipinski definition) is 0. The first-order valence-electron chi connectivity index (χ1n) is 8.24. The third kappa shape index (κ3) is 2.25. The van der Waals surface area contributed by atoms with Crippen LogP contribution in [0.2, 0.25) is 0 Å². The van der Waals surface area contributed by atoms with E-state index in [-0.39, 0.29) is 5.56 Å². The van der Waals surface area contributed by atoms with Crippen molar-refractivity contribution in [1.29, 1.82) is 0 Å². The summed E-state index contributed by atoms with van der Waals surface area (Å²) in [5, 5.41) is 0.800. The molecule has 3 nitrogen and oxygen atoms in total. The average Bonchev–Trinajstić information content (AvgIpc) is 3.06. The van der Waals surface area contributed by atoms with Crippen LogP contribution in [0.3, 0.4) is 0 Å². The first-order chi connectivity index (χ1) is 11.5. The lowest BCUT2D eigenvalue weighted by molar-refractivity contribution is 0.726. The minimum Gasteiger partial charge on any atom is -0.292 e. The van der Waals surface area contributed by atoms with Crippen molar-refractivity contribution < 1.29 is 0 Å². The van der Waals surface area contributed by atoms with Crippen LogP contribution in [0, 0.1) is 27.7 Å². The fraction of sp³-hybridized carbons (Fsp3) is 0.300. The molecule has 0 amide bonds. The number of fused-ring (bicyclic) bond motifs is 2. The van der Waals surface area contributed by atoms with Crippen molar-refractivity contribution in [3.63, 3.8) is 0 Å². The monoisotopic (exact) mass is 336 g/mol. The van der Waals surface area contributed by atoms with Crippen molar-refractivity contribution in [3.8, 4) is 0 Å². The Balaban J connectivity index is 1.93. The van der Waals surface area contributed by atoms with Crippen molar-refractivity contribution >= 4 is 33.2 Å². The molecule has 24 heavy (non-hydrogen) atoms. The molecule has 0 radical (unpaired) electrons. The minimum absolute atomic E-state index is 0.112. The molecule has 0 spiro atoms. The second kappa shape index (κ2) is 5.42. The normalized spacial score (nSPS) is 15.4. The molecule has 2 aromatic heterocycles. The molecular weight excluding hydrogens is 316 g/mol. The number of rotatable bonds is 1. The van der Waals surface area contributed by atoms with Crippen LogP contribution in [0.1, 0.15) is 39.4 Å². The molecular formula is C20H20N2OS. The lowest BCUT2D eigenvalue weighted by Gasteiger charge is -2.05. The van der Waals surface area contributed by atoms with Crippen LogP contribution in [-0.4, -0.2) is 9.55 Å². The van der Waals surface area contributed by atoms with Gasteiger partial charge in [-0.2, -0.15) is 0 Å². The highest BCUT2D eigenvalue weighted by molar-refractivity contribution is 7.18. The largest absolute Gasteiger partial charge is 0.292 e. The average molecular weight is 336 g/mol. The van der Waals surface area contributed by atoms with Gasteiger partial charge in [-0.3, -0.25) is 9.36 Å². The molecule has 0 unspecified atom stereocenters. The van der Waals surface area contributed by atoms with E-state index in [2.05, 4.69) is 45.0 Å². The van der Waals surface area contributed by atoms with Gasteiger partial charge in [0.2, 0.25) is 0 Å². The molecule has 1 aliphatic rings. The smallest absolute Gasteiger partial charge is 0.262 e. The van der Waals surface area contributed by atoms with Crippen molar-refractivity contribution in [2.45, 2.75) is 40.7 Å². The Bertz CT molecular complexity index is 1070. The van der Waals surface area contributed by atoms with Gasteiger partial charge in [0.25, 0.3) is 5.56 Å². The zero-order valence-electron chi connectivity index (χ0n) is 14.4. The van der Waals surface area contributed by atoms with E-state index >= 15 is 0 Å². The van der Waals surface area contributed by atoms with Crippen LogP contribution in [0.15, 0.2) is 23.0 Å². The molecule has 3 aromatic rings. The summed E-state index contributed by atoms with van der Waals surface area (Å²) in [7, 11) is 0. The summed E-state index contributed by atoms with van der Waals surface area (Å²) in [4.78, 5) is 19.8. The summed E-state index contributed by atoms with van der Waals surface area (Å²) in [5.41, 5.74) is 6.06. The van der Waals surface area contributed by atoms with Crippen molar-refractivity contribution in [3.05, 3.63) is 61.5 Å². The van der Waals surface area contributed by atoms with E-state index in [0.29, 0.717) is 0 Å². The highest BCUT2D eigenvalue weighted by Gasteiger charge is 2.23. The molecule has 0 saturated carbocycles. The van der Waals surface area contributed by atoms with Crippen molar-refractivity contribution in [2.75, 3.05) is 0 Å². The SMILES string of the molecule is Cc1ccc(C)c(C=C2CCn3c2nc2sc(C)c(C)c2c3=O)c1. The second-order valence-electron chi connectivity index (χ2n) is 6.64. The summed E-state index contributed by atoms with van der Waals surface area (Å²) in [6.45, 7) is 9.03. The van der Waals surface area contributed by atoms with E-state index in [1.807, 2.05) is 11.5 Å². The standard InChI is InChI=1S/C20H20N2OS/c1-11-5-6-12(2)16(9-11)10-15-7-8-22-18(15)21-19-17(20(22)23)13(3)14(4)24-19/h5-6,9-10H,7-8H2,1-4H3. The first kappa shape index (κ1) is 15.3. The third-order valence-electron chi connectivity index (χ3n) is 4.95. The van der Waals surface area contributed by atoms with E-state index in [0.717, 1.165) is 40.1 Å². The van der Waals surface area contributed by atoms with Gasteiger partial charge in [0, 0.05) is 11.4 Å². The maximum Gasteiger partial charge on any atom is 0.262 e. The van der Waals surface area contributed by atoms with Gasteiger partial charge in [-0.1, -0.05) is 23.8 Å². The second-order valence-corrected chi connectivity index (χ2v) is 7.84. The van der Waals surface area contributed by atoms with E-state index < -0.39 is 0 Å². The van der Waals surface area contributed by atoms with Crippen LogP contribution in [-0.2, 0) is 6.54 Å². The Morgan fingerprint density at radius 2 is 2.00 bits per heavy atom. The highest BCUT2D eigenvalue weighted by atomic mass is 32.1. The number of aryl methyl sites for hydroxylation is 4. The third-order valence-corrected chi connectivity index (χ3v) is 6.05. The summed E-state index contributed by atoms with van der Waals surface area (Å²) in [6.07, 6.45) is 3.07. The minimum atomic E-state index is 0.112. The Kier molecular flexibility index (Phi) is 3.46. The summed E-state index contributed by atoms with van der Waals surface area (Å²) < 4.78 is 1.85. The van der Waals surface area contributed by atoms with Gasteiger partial charge in [0.1, 0.15) is 10.7 Å². The quantitative estimate of drug-likeness (QED) is 0.649. The van der Waals surface area contributed by atoms with Gasteiger partial charge in [-0.15, -0.1) is 11.3 Å². The zero-order valence-corrected chi connectivity index (χ0v) is 15.3. The van der Waals surface area contributed by atoms with Gasteiger partial charge in [-0.25, -0.2) is 4.98 Å². The molecule has 4 heteroatoms. The van der Waals surface area contributed by atoms with Gasteiger partial charge >= 0.3 is 0 Å². The summed E-state index contributed by atoms with van der Waals surface area (Å²) >= 11 is 1.62. The predicted octanol–water partition coefficient (Wildman–Crippen LogP) is 4.64. The first-order valence-corrected chi connectivity index (χ1v) is 9.06. The number of hydrogen-bond acceptors (Lipinski definition) is 3. The molecule has 0 aliphatic carbocycles. The Morgan fingerprint density at radius 1 is 1.21 bits per heavy atom. The van der Waals surface area contributed by atoms with E-state index in [9.17, 15) is 4.79 Å². The maximum absolute atomic E-state index is 12.9. The number of aromatic nitrogens is 2. The van der Waals surface area contributed by atoms with Crippen LogP contribution >= 0.6 is 11.3 Å². The van der Waals surface area contributed by atoms with Gasteiger partial charge < -0.3 is 0 Å². The fourth-order valence-corrected chi connectivity index (χ4v) is 4.38. The molecule has 1 aromatic carbocycles. The molecule has 0 saturated heterocycles. The molecule has 1 aliphatic heterocycles. The van der Waals surface area contributed by atoms with Crippen LogP contribution in [0.5, 0.6) is 0 Å². The highest BCUT2D eigenvalue weighted by Crippen LogP contribution is 2.32. The van der Waals surface area contributed by atoms with Gasteiger partial charge in [0.05, 0.1) is 5.39 Å². The lowest BCUT2D eigenvalue weighted by Crippen LogP contribution is -2.20. The molecule has 122 valence electrons. The maximum atomic E-state index is 12.9. The van der Waals surface area contributed by atoms with E-state index in [4.69, 9.17) is 4.98 Å². The topological polar surface area (TPSA) is 34.9 Å². The Labute approximate surface area is 145 Å². The summed E-state index contributed by atoms with van der Waals surface area (Å²) in [6, 6.07) is 6.47. The van der Waals surface area contributed by atoms with Gasteiger partial charge in [-0.05, 0) is 62.5 Å². The molecule has 0 N–H and O–H groups in total. The molecule has 3 heterocycles. The predicted molar refractivity (Wildman–Crippen MR) is 102 cm³/mol. The van der Waals surface area contributed by atoms with E-state index in [1.54, 1.807) is 11.3 Å². The molecule has 4 rings (SSSR count). The zero-order chi connectivity index (χ0) is 17.0.